The van der Waals surface area contributed by atoms with Crippen LogP contribution in [0.15, 0.2) is 16.6 Å². The number of nitrogens with zero attached hydrogens (tertiary/aromatic N) is 1. The van der Waals surface area contributed by atoms with Crippen molar-refractivity contribution in [2.45, 2.75) is 18.9 Å². The topological polar surface area (TPSA) is 59.3 Å². The highest BCUT2D eigenvalue weighted by atomic mass is 79.9. The summed E-state index contributed by atoms with van der Waals surface area (Å²) in [5, 5.41) is 10.7. The molecule has 0 spiro atoms. The van der Waals surface area contributed by atoms with Gasteiger partial charge in [0.2, 0.25) is 0 Å². The molecule has 1 atom stereocenters. The van der Waals surface area contributed by atoms with Crippen molar-refractivity contribution in [1.82, 2.24) is 4.57 Å². The molecule has 1 aromatic heterocycles. The number of carbonyl (C=O) groups excluding carboxylic acids is 1. The zero-order valence-corrected chi connectivity index (χ0v) is 13.1. The molecule has 3 rings (SSSR count). The van der Waals surface area contributed by atoms with Crippen molar-refractivity contribution in [1.29, 1.82) is 0 Å². The van der Waals surface area contributed by atoms with Crippen molar-refractivity contribution in [3.8, 4) is 0 Å². The number of carboxylic acids is 1. The SMILES string of the molecule is O=C(O)C1C(=O)CCc2cc3c(Br)cc(Cl)c(Cl)c3n21. The third kappa shape index (κ3) is 1.88. The molecular weight excluding hydrogens is 369 g/mol. The van der Waals surface area contributed by atoms with Crippen LogP contribution >= 0.6 is 39.1 Å². The van der Waals surface area contributed by atoms with E-state index in [1.807, 2.05) is 6.07 Å². The molecule has 0 saturated heterocycles. The van der Waals surface area contributed by atoms with Gasteiger partial charge in [-0.1, -0.05) is 39.1 Å². The quantitative estimate of drug-likeness (QED) is 0.607. The van der Waals surface area contributed by atoms with Crippen molar-refractivity contribution in [3.05, 3.63) is 32.3 Å². The average Bonchev–Trinajstić information content (AvgIpc) is 2.75. The van der Waals surface area contributed by atoms with E-state index in [0.717, 1.165) is 15.6 Å². The Morgan fingerprint density at radius 2 is 2.05 bits per heavy atom. The van der Waals surface area contributed by atoms with Gasteiger partial charge in [-0.05, 0) is 18.6 Å². The Kier molecular flexibility index (Phi) is 3.31. The summed E-state index contributed by atoms with van der Waals surface area (Å²) in [6.07, 6.45) is 0.716. The lowest BCUT2D eigenvalue weighted by Gasteiger charge is -2.23. The molecule has 0 bridgehead atoms. The van der Waals surface area contributed by atoms with Crippen LogP contribution in [-0.4, -0.2) is 21.4 Å². The maximum atomic E-state index is 11.9. The number of aromatic nitrogens is 1. The van der Waals surface area contributed by atoms with Gasteiger partial charge in [-0.2, -0.15) is 0 Å². The van der Waals surface area contributed by atoms with Crippen LogP contribution in [0.3, 0.4) is 0 Å². The minimum absolute atomic E-state index is 0.219. The van der Waals surface area contributed by atoms with Crippen LogP contribution in [0.1, 0.15) is 18.2 Å². The lowest BCUT2D eigenvalue weighted by molar-refractivity contribution is -0.145. The first-order chi connectivity index (χ1) is 9.41. The van der Waals surface area contributed by atoms with E-state index < -0.39 is 12.0 Å². The molecular formula is C13H8BrCl2NO3. The molecule has 0 aliphatic carbocycles. The normalized spacial score (nSPS) is 18.4. The molecule has 7 heteroatoms. The molecule has 0 radical (unpaired) electrons. The number of carboxylic acid groups (broad SMARTS) is 1. The Balaban J connectivity index is 2.44. The van der Waals surface area contributed by atoms with Gasteiger partial charge >= 0.3 is 5.97 Å². The molecule has 2 heterocycles. The third-order valence-electron chi connectivity index (χ3n) is 3.47. The molecule has 1 aromatic carbocycles. The van der Waals surface area contributed by atoms with Crippen LogP contribution in [0, 0.1) is 0 Å². The van der Waals surface area contributed by atoms with Crippen LogP contribution in [0.25, 0.3) is 10.9 Å². The molecule has 0 amide bonds. The first-order valence-electron chi connectivity index (χ1n) is 5.84. The van der Waals surface area contributed by atoms with Crippen LogP contribution < -0.4 is 0 Å². The fourth-order valence-corrected chi connectivity index (χ4v) is 3.73. The summed E-state index contributed by atoms with van der Waals surface area (Å²) in [5.41, 5.74) is 1.26. The van der Waals surface area contributed by atoms with Gasteiger partial charge in [0, 0.05) is 22.0 Å². The summed E-state index contributed by atoms with van der Waals surface area (Å²) in [5.74, 6) is -1.50. The first-order valence-corrected chi connectivity index (χ1v) is 7.39. The molecule has 20 heavy (non-hydrogen) atoms. The van der Waals surface area contributed by atoms with Gasteiger partial charge in [-0.15, -0.1) is 0 Å². The Hall–Kier alpha value is -1.04. The van der Waals surface area contributed by atoms with Gasteiger partial charge in [-0.3, -0.25) is 4.79 Å². The highest BCUT2D eigenvalue weighted by Gasteiger charge is 2.35. The van der Waals surface area contributed by atoms with E-state index in [2.05, 4.69) is 15.9 Å². The molecule has 1 unspecified atom stereocenters. The third-order valence-corrected chi connectivity index (χ3v) is 4.90. The van der Waals surface area contributed by atoms with Crippen molar-refractivity contribution < 1.29 is 14.7 Å². The molecule has 1 aliphatic rings. The second kappa shape index (κ2) is 4.76. The largest absolute Gasteiger partial charge is 0.479 e. The summed E-state index contributed by atoms with van der Waals surface area (Å²) >= 11 is 15.7. The van der Waals surface area contributed by atoms with E-state index in [9.17, 15) is 14.7 Å². The monoisotopic (exact) mass is 375 g/mol. The van der Waals surface area contributed by atoms with E-state index in [0.29, 0.717) is 17.0 Å². The van der Waals surface area contributed by atoms with Gasteiger partial charge in [0.05, 0.1) is 15.6 Å². The zero-order chi connectivity index (χ0) is 14.6. The summed E-state index contributed by atoms with van der Waals surface area (Å²) in [4.78, 5) is 23.4. The van der Waals surface area contributed by atoms with Gasteiger partial charge < -0.3 is 9.67 Å². The summed E-state index contributed by atoms with van der Waals surface area (Å²) in [6.45, 7) is 0. The smallest absolute Gasteiger partial charge is 0.334 e. The second-order valence-corrected chi connectivity index (χ2v) is 6.27. The highest BCUT2D eigenvalue weighted by Crippen LogP contribution is 2.41. The number of benzene rings is 1. The molecule has 1 N–H and O–H groups in total. The van der Waals surface area contributed by atoms with E-state index in [-0.39, 0.29) is 17.2 Å². The minimum atomic E-state index is -1.24. The number of fused-ring (bicyclic) bond motifs is 3. The molecule has 0 fully saturated rings. The van der Waals surface area contributed by atoms with Crippen LogP contribution in [0.5, 0.6) is 0 Å². The van der Waals surface area contributed by atoms with E-state index >= 15 is 0 Å². The van der Waals surface area contributed by atoms with E-state index in [4.69, 9.17) is 23.2 Å². The van der Waals surface area contributed by atoms with E-state index in [1.54, 1.807) is 6.07 Å². The molecule has 4 nitrogen and oxygen atoms in total. The first kappa shape index (κ1) is 13.9. The fourth-order valence-electron chi connectivity index (χ4n) is 2.62. The lowest BCUT2D eigenvalue weighted by atomic mass is 10.0. The predicted octanol–water partition coefficient (Wildman–Crippen LogP) is 3.85. The van der Waals surface area contributed by atoms with Crippen molar-refractivity contribution >= 4 is 61.8 Å². The zero-order valence-electron chi connectivity index (χ0n) is 9.99. The highest BCUT2D eigenvalue weighted by molar-refractivity contribution is 9.10. The van der Waals surface area contributed by atoms with Crippen molar-refractivity contribution in [3.63, 3.8) is 0 Å². The number of hydrogen-bond donors (Lipinski definition) is 1. The predicted molar refractivity (Wildman–Crippen MR) is 79.7 cm³/mol. The molecule has 2 aromatic rings. The molecule has 104 valence electrons. The van der Waals surface area contributed by atoms with Crippen molar-refractivity contribution in [2.75, 3.05) is 0 Å². The number of ketones is 1. The Labute approximate surface area is 132 Å². The van der Waals surface area contributed by atoms with Gasteiger partial charge in [0.15, 0.2) is 11.8 Å². The van der Waals surface area contributed by atoms with Crippen molar-refractivity contribution in [2.24, 2.45) is 0 Å². The number of aryl methyl sites for hydroxylation is 1. The Bertz CT molecular complexity index is 769. The van der Waals surface area contributed by atoms with Gasteiger partial charge in [0.1, 0.15) is 0 Å². The number of carbonyl (C=O) groups is 2. The number of Topliss-reactive ketones (excluding diaryl/α,β-unsaturated/α-hetero) is 1. The van der Waals surface area contributed by atoms with Crippen LogP contribution in [0.2, 0.25) is 10.0 Å². The number of aliphatic carboxylic acids is 1. The van der Waals surface area contributed by atoms with Gasteiger partial charge in [-0.25, -0.2) is 4.79 Å². The molecule has 0 saturated carbocycles. The van der Waals surface area contributed by atoms with Crippen LogP contribution in [0.4, 0.5) is 0 Å². The summed E-state index contributed by atoms with van der Waals surface area (Å²) in [7, 11) is 0. The Morgan fingerprint density at radius 3 is 2.70 bits per heavy atom. The van der Waals surface area contributed by atoms with E-state index in [1.165, 1.54) is 4.57 Å². The second-order valence-electron chi connectivity index (χ2n) is 4.63. The Morgan fingerprint density at radius 1 is 1.35 bits per heavy atom. The lowest BCUT2D eigenvalue weighted by Crippen LogP contribution is -2.32. The number of rotatable bonds is 1. The van der Waals surface area contributed by atoms with Crippen LogP contribution in [-0.2, 0) is 16.0 Å². The summed E-state index contributed by atoms with van der Waals surface area (Å²) < 4.78 is 2.21. The maximum absolute atomic E-state index is 11.9. The number of halogens is 3. The fraction of sp³-hybridized carbons (Fsp3) is 0.231. The number of hydrogen-bond acceptors (Lipinski definition) is 2. The standard InChI is InChI=1S/C13H8BrCl2NO3/c14-7-4-8(15)10(16)11-6(7)3-5-1-2-9(18)12(13(19)20)17(5)11/h3-4,12H,1-2H2,(H,19,20). The molecule has 1 aliphatic heterocycles. The maximum Gasteiger partial charge on any atom is 0.334 e. The minimum Gasteiger partial charge on any atom is -0.479 e. The average molecular weight is 377 g/mol. The summed E-state index contributed by atoms with van der Waals surface area (Å²) in [6, 6.07) is 2.28. The van der Waals surface area contributed by atoms with Gasteiger partial charge in [0.25, 0.3) is 0 Å².